The van der Waals surface area contributed by atoms with Crippen LogP contribution >= 0.6 is 0 Å². The average Bonchev–Trinajstić information content (AvgIpc) is 2.89. The second-order valence-electron chi connectivity index (χ2n) is 5.36. The summed E-state index contributed by atoms with van der Waals surface area (Å²) in [6.45, 7) is 3.45. The van der Waals surface area contributed by atoms with Crippen molar-refractivity contribution in [3.05, 3.63) is 11.8 Å². The highest BCUT2D eigenvalue weighted by Crippen LogP contribution is 2.20. The Kier molecular flexibility index (Phi) is 5.56. The maximum absolute atomic E-state index is 12.4. The molecular weight excluding hydrogens is 276 g/mol. The number of aromatic amines is 1. The predicted octanol–water partition coefficient (Wildman–Crippen LogP) is 1.52. The molecule has 1 aliphatic rings. The number of aromatic nitrogens is 2. The van der Waals surface area contributed by atoms with Crippen molar-refractivity contribution in [3.8, 4) is 0 Å². The number of nitrogens with zero attached hydrogens (tertiary/aromatic N) is 1. The zero-order chi connectivity index (χ0) is 14.4. The van der Waals surface area contributed by atoms with E-state index >= 15 is 0 Å². The Labute approximate surface area is 120 Å². The second-order valence-corrected chi connectivity index (χ2v) is 7.01. The molecule has 0 spiro atoms. The molecule has 114 valence electrons. The minimum absolute atomic E-state index is 0.0634. The Hall–Kier alpha value is -0.920. The van der Waals surface area contributed by atoms with Crippen LogP contribution < -0.4 is 10.0 Å². The zero-order valence-electron chi connectivity index (χ0n) is 12.0. The summed E-state index contributed by atoms with van der Waals surface area (Å²) in [4.78, 5) is 0. The van der Waals surface area contributed by atoms with Crippen LogP contribution in [-0.4, -0.2) is 31.2 Å². The molecular formula is C13H24N4O2S. The lowest BCUT2D eigenvalue weighted by Crippen LogP contribution is -2.36. The molecule has 1 aromatic rings. The molecule has 0 bridgehead atoms. The smallest absolute Gasteiger partial charge is 0.258 e. The van der Waals surface area contributed by atoms with Crippen LogP contribution in [-0.2, 0) is 16.6 Å². The third-order valence-corrected chi connectivity index (χ3v) is 5.15. The summed E-state index contributed by atoms with van der Waals surface area (Å²) in [6, 6.07) is 0.0634. The molecule has 1 heterocycles. The first-order valence-corrected chi connectivity index (χ1v) is 8.87. The van der Waals surface area contributed by atoms with E-state index in [0.29, 0.717) is 12.1 Å². The first-order valence-electron chi connectivity index (χ1n) is 7.39. The molecule has 1 aliphatic carbocycles. The third-order valence-electron chi connectivity index (χ3n) is 3.62. The van der Waals surface area contributed by atoms with Crippen molar-refractivity contribution in [2.45, 2.75) is 63.1 Å². The zero-order valence-corrected chi connectivity index (χ0v) is 12.8. The maximum atomic E-state index is 12.4. The van der Waals surface area contributed by atoms with E-state index in [1.165, 1.54) is 6.42 Å². The van der Waals surface area contributed by atoms with Crippen LogP contribution in [0.1, 0.15) is 51.0 Å². The van der Waals surface area contributed by atoms with Gasteiger partial charge in [0.25, 0.3) is 10.0 Å². The third kappa shape index (κ3) is 4.04. The van der Waals surface area contributed by atoms with E-state index in [4.69, 9.17) is 0 Å². The standard InChI is InChI=1S/C13H24N4O2S/c1-2-8-14-9-11-10-15-16-13(11)20(18,19)17-12-6-4-3-5-7-12/h10,12,14,17H,2-9H2,1H3,(H,15,16). The highest BCUT2D eigenvalue weighted by Gasteiger charge is 2.25. The van der Waals surface area contributed by atoms with Crippen LogP contribution in [0.3, 0.4) is 0 Å². The molecule has 0 saturated heterocycles. The quantitative estimate of drug-likeness (QED) is 0.666. The Bertz CT molecular complexity index is 506. The van der Waals surface area contributed by atoms with E-state index in [1.807, 2.05) is 0 Å². The van der Waals surface area contributed by atoms with Gasteiger partial charge in [-0.3, -0.25) is 5.10 Å². The van der Waals surface area contributed by atoms with Gasteiger partial charge < -0.3 is 5.32 Å². The molecule has 0 aromatic carbocycles. The molecule has 1 fully saturated rings. The average molecular weight is 300 g/mol. The lowest BCUT2D eigenvalue weighted by molar-refractivity contribution is 0.411. The first-order chi connectivity index (χ1) is 9.63. The lowest BCUT2D eigenvalue weighted by Gasteiger charge is -2.22. The Balaban J connectivity index is 2.03. The fraction of sp³-hybridized carbons (Fsp3) is 0.769. The molecule has 3 N–H and O–H groups in total. The number of rotatable bonds is 7. The molecule has 0 unspecified atom stereocenters. The number of H-pyrrole nitrogens is 1. The van der Waals surface area contributed by atoms with Gasteiger partial charge in [-0.15, -0.1) is 0 Å². The summed E-state index contributed by atoms with van der Waals surface area (Å²) in [6.07, 6.45) is 7.85. The predicted molar refractivity (Wildman–Crippen MR) is 77.8 cm³/mol. The lowest BCUT2D eigenvalue weighted by atomic mass is 9.96. The summed E-state index contributed by atoms with van der Waals surface area (Å²) in [7, 11) is -3.49. The van der Waals surface area contributed by atoms with E-state index in [1.54, 1.807) is 6.20 Å². The van der Waals surface area contributed by atoms with Gasteiger partial charge in [-0.1, -0.05) is 26.2 Å². The van der Waals surface area contributed by atoms with Crippen LogP contribution in [0, 0.1) is 0 Å². The molecule has 0 amide bonds. The maximum Gasteiger partial charge on any atom is 0.258 e. The second kappa shape index (κ2) is 7.19. The SMILES string of the molecule is CCCNCc1cn[nH]c1S(=O)(=O)NC1CCCCC1. The molecule has 0 atom stereocenters. The van der Waals surface area contributed by atoms with Crippen LogP contribution in [0.15, 0.2) is 11.2 Å². The largest absolute Gasteiger partial charge is 0.313 e. The van der Waals surface area contributed by atoms with Gasteiger partial charge in [0.1, 0.15) is 0 Å². The van der Waals surface area contributed by atoms with Crippen molar-refractivity contribution >= 4 is 10.0 Å². The highest BCUT2D eigenvalue weighted by atomic mass is 32.2. The minimum Gasteiger partial charge on any atom is -0.313 e. The van der Waals surface area contributed by atoms with Crippen molar-refractivity contribution in [3.63, 3.8) is 0 Å². The normalized spacial score (nSPS) is 17.4. The van der Waals surface area contributed by atoms with Crippen LogP contribution in [0.4, 0.5) is 0 Å². The van der Waals surface area contributed by atoms with Gasteiger partial charge in [0.15, 0.2) is 5.03 Å². The Morgan fingerprint density at radius 3 is 2.80 bits per heavy atom. The van der Waals surface area contributed by atoms with Gasteiger partial charge in [-0.25, -0.2) is 13.1 Å². The van der Waals surface area contributed by atoms with Crippen LogP contribution in [0.5, 0.6) is 0 Å². The molecule has 6 nitrogen and oxygen atoms in total. The van der Waals surface area contributed by atoms with E-state index in [2.05, 4.69) is 27.2 Å². The summed E-state index contributed by atoms with van der Waals surface area (Å²) in [5.74, 6) is 0. The van der Waals surface area contributed by atoms with E-state index in [0.717, 1.165) is 38.6 Å². The fourth-order valence-electron chi connectivity index (χ4n) is 2.56. The highest BCUT2D eigenvalue weighted by molar-refractivity contribution is 7.89. The van der Waals surface area contributed by atoms with Gasteiger partial charge in [0.2, 0.25) is 0 Å². The molecule has 0 aliphatic heterocycles. The Morgan fingerprint density at radius 2 is 2.10 bits per heavy atom. The van der Waals surface area contributed by atoms with E-state index in [9.17, 15) is 8.42 Å². The Morgan fingerprint density at radius 1 is 1.35 bits per heavy atom. The van der Waals surface area contributed by atoms with Crippen molar-refractivity contribution in [1.29, 1.82) is 0 Å². The number of sulfonamides is 1. The summed E-state index contributed by atoms with van der Waals surface area (Å²) >= 11 is 0. The van der Waals surface area contributed by atoms with Crippen molar-refractivity contribution in [1.82, 2.24) is 20.2 Å². The fourth-order valence-corrected chi connectivity index (χ4v) is 3.99. The topological polar surface area (TPSA) is 86.9 Å². The van der Waals surface area contributed by atoms with Crippen LogP contribution in [0.2, 0.25) is 0 Å². The summed E-state index contributed by atoms with van der Waals surface area (Å²) < 4.78 is 27.6. The monoisotopic (exact) mass is 300 g/mol. The molecule has 0 radical (unpaired) electrons. The van der Waals surface area contributed by atoms with Crippen molar-refractivity contribution in [2.75, 3.05) is 6.54 Å². The van der Waals surface area contributed by atoms with Crippen LogP contribution in [0.25, 0.3) is 0 Å². The van der Waals surface area contributed by atoms with Gasteiger partial charge in [0, 0.05) is 18.2 Å². The molecule has 20 heavy (non-hydrogen) atoms. The van der Waals surface area contributed by atoms with Gasteiger partial charge in [-0.2, -0.15) is 5.10 Å². The first kappa shape index (κ1) is 15.5. The molecule has 1 saturated carbocycles. The van der Waals surface area contributed by atoms with E-state index in [-0.39, 0.29) is 11.1 Å². The molecule has 7 heteroatoms. The van der Waals surface area contributed by atoms with Gasteiger partial charge >= 0.3 is 0 Å². The van der Waals surface area contributed by atoms with Crippen molar-refractivity contribution in [2.24, 2.45) is 0 Å². The number of hydrogen-bond donors (Lipinski definition) is 3. The number of nitrogens with one attached hydrogen (secondary N) is 3. The van der Waals surface area contributed by atoms with Crippen molar-refractivity contribution < 1.29 is 8.42 Å². The molecule has 2 rings (SSSR count). The van der Waals surface area contributed by atoms with Gasteiger partial charge in [-0.05, 0) is 25.8 Å². The van der Waals surface area contributed by atoms with E-state index < -0.39 is 10.0 Å². The molecule has 1 aromatic heterocycles. The summed E-state index contributed by atoms with van der Waals surface area (Å²) in [5, 5.41) is 9.90. The van der Waals surface area contributed by atoms with Gasteiger partial charge in [0.05, 0.1) is 6.20 Å². The minimum atomic E-state index is -3.49. The summed E-state index contributed by atoms with van der Waals surface area (Å²) in [5.41, 5.74) is 0.696. The number of hydrogen-bond acceptors (Lipinski definition) is 4.